The molecule has 1 unspecified atom stereocenters. The van der Waals surface area contributed by atoms with Crippen molar-refractivity contribution in [3.05, 3.63) is 211 Å². The van der Waals surface area contributed by atoms with Gasteiger partial charge >= 0.3 is 0 Å². The highest BCUT2D eigenvalue weighted by Gasteiger charge is 2.17. The number of allylic oxidation sites excluding steroid dienone is 1. The van der Waals surface area contributed by atoms with Crippen molar-refractivity contribution in [1.29, 1.82) is 0 Å². The number of anilines is 6. The molecular weight excluding hydrogens is 607 g/mol. The molecule has 7 aromatic rings. The SMILES string of the molecule is C1=NCC(c2ccc(N(c3ccccc3)c3ccccc3)cc2)C=C1c1ccc(-c2ccc(N(c3ccccc3)c3ccccc3)cc2)cc1. The molecule has 8 rings (SSSR count). The molecule has 0 radical (unpaired) electrons. The Morgan fingerprint density at radius 2 is 0.700 bits per heavy atom. The number of hydrogen-bond donors (Lipinski definition) is 0. The largest absolute Gasteiger partial charge is 0.311 e. The van der Waals surface area contributed by atoms with Gasteiger partial charge in [0.25, 0.3) is 0 Å². The topological polar surface area (TPSA) is 18.8 Å². The third-order valence-corrected chi connectivity index (χ3v) is 9.23. The lowest BCUT2D eigenvalue weighted by atomic mass is 9.91. The number of aliphatic imine (C=N–C) groups is 1. The minimum Gasteiger partial charge on any atom is -0.311 e. The van der Waals surface area contributed by atoms with Crippen LogP contribution in [0.3, 0.4) is 0 Å². The highest BCUT2D eigenvalue weighted by Crippen LogP contribution is 2.37. The van der Waals surface area contributed by atoms with Crippen LogP contribution in [-0.2, 0) is 0 Å². The molecule has 0 saturated carbocycles. The van der Waals surface area contributed by atoms with Crippen LogP contribution in [0.4, 0.5) is 34.1 Å². The molecule has 0 fully saturated rings. The fourth-order valence-corrected chi connectivity index (χ4v) is 6.68. The van der Waals surface area contributed by atoms with E-state index in [1.807, 2.05) is 6.21 Å². The minimum atomic E-state index is 0.218. The zero-order valence-corrected chi connectivity index (χ0v) is 27.8. The maximum atomic E-state index is 4.79. The Balaban J connectivity index is 1.00. The second-order valence-electron chi connectivity index (χ2n) is 12.5. The lowest BCUT2D eigenvalue weighted by molar-refractivity contribution is 0.848. The Kier molecular flexibility index (Phi) is 8.86. The summed E-state index contributed by atoms with van der Waals surface area (Å²) in [5.41, 5.74) is 12.8. The Hall–Kier alpha value is -6.45. The van der Waals surface area contributed by atoms with Crippen LogP contribution < -0.4 is 9.80 Å². The molecule has 50 heavy (non-hydrogen) atoms. The molecule has 0 aliphatic carbocycles. The van der Waals surface area contributed by atoms with Gasteiger partial charge in [-0.05, 0) is 101 Å². The first-order valence-electron chi connectivity index (χ1n) is 17.1. The Bertz CT molecular complexity index is 2110. The van der Waals surface area contributed by atoms with E-state index in [0.29, 0.717) is 0 Å². The third kappa shape index (κ3) is 6.63. The van der Waals surface area contributed by atoms with Crippen molar-refractivity contribution in [2.24, 2.45) is 4.99 Å². The summed E-state index contributed by atoms with van der Waals surface area (Å²) in [6, 6.07) is 68.7. The lowest BCUT2D eigenvalue weighted by Gasteiger charge is -2.26. The van der Waals surface area contributed by atoms with Gasteiger partial charge in [0.05, 0.1) is 0 Å². The van der Waals surface area contributed by atoms with Crippen LogP contribution in [0.15, 0.2) is 205 Å². The first-order valence-corrected chi connectivity index (χ1v) is 17.1. The van der Waals surface area contributed by atoms with Crippen molar-refractivity contribution in [1.82, 2.24) is 0 Å². The van der Waals surface area contributed by atoms with Crippen molar-refractivity contribution in [2.45, 2.75) is 5.92 Å². The van der Waals surface area contributed by atoms with E-state index in [4.69, 9.17) is 4.99 Å². The molecular formula is C47H37N3. The summed E-state index contributed by atoms with van der Waals surface area (Å²) in [5, 5.41) is 0. The number of hydrogen-bond acceptors (Lipinski definition) is 3. The van der Waals surface area contributed by atoms with Gasteiger partial charge in [-0.2, -0.15) is 0 Å². The molecule has 3 heteroatoms. The predicted octanol–water partition coefficient (Wildman–Crippen LogP) is 12.5. The lowest BCUT2D eigenvalue weighted by Crippen LogP contribution is -2.10. The van der Waals surface area contributed by atoms with Crippen LogP contribution in [0, 0.1) is 0 Å². The van der Waals surface area contributed by atoms with Gasteiger partial charge in [-0.25, -0.2) is 0 Å². The van der Waals surface area contributed by atoms with E-state index in [2.05, 4.69) is 210 Å². The van der Waals surface area contributed by atoms with Gasteiger partial charge in [0.15, 0.2) is 0 Å². The van der Waals surface area contributed by atoms with Crippen molar-refractivity contribution >= 4 is 45.9 Å². The Morgan fingerprint density at radius 1 is 0.360 bits per heavy atom. The summed E-state index contributed by atoms with van der Waals surface area (Å²) >= 11 is 0. The summed E-state index contributed by atoms with van der Waals surface area (Å²) in [6.07, 6.45) is 4.38. The summed E-state index contributed by atoms with van der Waals surface area (Å²) in [5.74, 6) is 0.218. The molecule has 0 amide bonds. The van der Waals surface area contributed by atoms with E-state index in [1.165, 1.54) is 22.3 Å². The molecule has 0 saturated heterocycles. The Labute approximate surface area is 294 Å². The van der Waals surface area contributed by atoms with Crippen molar-refractivity contribution in [3.8, 4) is 11.1 Å². The van der Waals surface area contributed by atoms with Crippen LogP contribution >= 0.6 is 0 Å². The normalized spacial score (nSPS) is 13.8. The number of nitrogens with zero attached hydrogens (tertiary/aromatic N) is 3. The average molecular weight is 644 g/mol. The Morgan fingerprint density at radius 3 is 1.12 bits per heavy atom. The smallest absolute Gasteiger partial charge is 0.0493 e. The van der Waals surface area contributed by atoms with Crippen molar-refractivity contribution in [2.75, 3.05) is 16.3 Å². The monoisotopic (exact) mass is 643 g/mol. The molecule has 7 aromatic carbocycles. The van der Waals surface area contributed by atoms with Gasteiger partial charge < -0.3 is 9.80 Å². The second-order valence-corrected chi connectivity index (χ2v) is 12.5. The molecule has 3 nitrogen and oxygen atoms in total. The molecule has 0 spiro atoms. The zero-order chi connectivity index (χ0) is 33.5. The molecule has 1 heterocycles. The van der Waals surface area contributed by atoms with Crippen LogP contribution in [0.1, 0.15) is 17.0 Å². The minimum absolute atomic E-state index is 0.218. The first kappa shape index (κ1) is 30.9. The van der Waals surface area contributed by atoms with Crippen LogP contribution in [-0.4, -0.2) is 12.8 Å². The molecule has 0 bridgehead atoms. The van der Waals surface area contributed by atoms with Crippen LogP contribution in [0.25, 0.3) is 16.7 Å². The first-order chi connectivity index (χ1) is 24.8. The van der Waals surface area contributed by atoms with Gasteiger partial charge in [-0.3, -0.25) is 4.99 Å². The van der Waals surface area contributed by atoms with Crippen LogP contribution in [0.5, 0.6) is 0 Å². The zero-order valence-electron chi connectivity index (χ0n) is 27.8. The van der Waals surface area contributed by atoms with Gasteiger partial charge in [0.2, 0.25) is 0 Å². The summed E-state index contributed by atoms with van der Waals surface area (Å²) in [6.45, 7) is 0.747. The van der Waals surface area contributed by atoms with Crippen LogP contribution in [0.2, 0.25) is 0 Å². The van der Waals surface area contributed by atoms with Gasteiger partial charge in [-0.15, -0.1) is 0 Å². The molecule has 0 aromatic heterocycles. The molecule has 1 aliphatic rings. The number of benzene rings is 7. The maximum Gasteiger partial charge on any atom is 0.0493 e. The van der Waals surface area contributed by atoms with Crippen molar-refractivity contribution in [3.63, 3.8) is 0 Å². The standard InChI is InChI=1S/C47H37N3/c1-5-13-42(14-6-1)49(43-15-7-2-8-16-43)46-29-25-37(26-30-46)36-21-23-38(24-22-36)40-33-41(35-48-34-40)39-27-31-47(32-28-39)50(44-17-9-3-10-18-44)45-19-11-4-12-20-45/h1-34,41H,35H2. The number of dihydropyridines is 1. The quantitative estimate of drug-likeness (QED) is 0.156. The number of para-hydroxylation sites is 4. The van der Waals surface area contributed by atoms with E-state index >= 15 is 0 Å². The summed E-state index contributed by atoms with van der Waals surface area (Å²) in [4.78, 5) is 9.37. The van der Waals surface area contributed by atoms with Crippen molar-refractivity contribution < 1.29 is 0 Å². The molecule has 1 atom stereocenters. The van der Waals surface area contributed by atoms with Gasteiger partial charge in [0, 0.05) is 52.8 Å². The van der Waals surface area contributed by atoms with Gasteiger partial charge in [0.1, 0.15) is 0 Å². The second kappa shape index (κ2) is 14.3. The summed E-state index contributed by atoms with van der Waals surface area (Å²) in [7, 11) is 0. The average Bonchev–Trinajstić information content (AvgIpc) is 3.20. The fraction of sp³-hybridized carbons (Fsp3) is 0.0426. The molecule has 1 aliphatic heterocycles. The predicted molar refractivity (Wildman–Crippen MR) is 212 cm³/mol. The van der Waals surface area contributed by atoms with E-state index < -0.39 is 0 Å². The molecule has 0 N–H and O–H groups in total. The molecule has 240 valence electrons. The van der Waals surface area contributed by atoms with E-state index in [1.54, 1.807) is 0 Å². The highest BCUT2D eigenvalue weighted by atomic mass is 15.1. The van der Waals surface area contributed by atoms with E-state index in [-0.39, 0.29) is 5.92 Å². The fourth-order valence-electron chi connectivity index (χ4n) is 6.68. The number of rotatable bonds is 9. The van der Waals surface area contributed by atoms with E-state index in [0.717, 1.165) is 46.2 Å². The maximum absolute atomic E-state index is 4.79. The van der Waals surface area contributed by atoms with Gasteiger partial charge in [-0.1, -0.05) is 127 Å². The highest BCUT2D eigenvalue weighted by molar-refractivity contribution is 6.10. The van der Waals surface area contributed by atoms with E-state index in [9.17, 15) is 0 Å². The summed E-state index contributed by atoms with van der Waals surface area (Å²) < 4.78 is 0. The third-order valence-electron chi connectivity index (χ3n) is 9.23.